The molecule has 0 aliphatic carbocycles. The fourth-order valence-corrected chi connectivity index (χ4v) is 8.31. The maximum absolute atomic E-state index is 15.0. The normalized spacial score (nSPS) is 16.9. The van der Waals surface area contributed by atoms with Crippen molar-refractivity contribution in [3.63, 3.8) is 0 Å². The number of hydrogen-bond donors (Lipinski definition) is 1. The van der Waals surface area contributed by atoms with Crippen molar-refractivity contribution in [1.29, 1.82) is 0 Å². The Hall–Kier alpha value is -5.42. The van der Waals surface area contributed by atoms with Crippen LogP contribution >= 0.6 is 0 Å². The quantitative estimate of drug-likeness (QED) is 0.0897. The van der Waals surface area contributed by atoms with Gasteiger partial charge in [0.05, 0.1) is 18.1 Å². The lowest BCUT2D eigenvalue weighted by molar-refractivity contribution is -0.440. The van der Waals surface area contributed by atoms with Gasteiger partial charge in [-0.1, -0.05) is 18.2 Å². The number of ether oxygens (including phenoxy) is 1. The van der Waals surface area contributed by atoms with Crippen LogP contribution in [0.25, 0.3) is 5.57 Å². The summed E-state index contributed by atoms with van der Waals surface area (Å²) < 4.78 is 367. The molecule has 1 N–H and O–H groups in total. The molecule has 0 saturated heterocycles. The Kier molecular flexibility index (Phi) is 13.7. The van der Waals surface area contributed by atoms with Crippen LogP contribution in [0, 0.1) is 0 Å². The zero-order chi connectivity index (χ0) is 55.5. The summed E-state index contributed by atoms with van der Waals surface area (Å²) >= 11 is 0. The number of rotatable bonds is 16. The minimum atomic E-state index is -8.15. The first-order chi connectivity index (χ1) is 32.9. The van der Waals surface area contributed by atoms with Crippen molar-refractivity contribution in [2.75, 3.05) is 31.1 Å². The zero-order valence-electron chi connectivity index (χ0n) is 35.7. The molecule has 3 heterocycles. The number of anilines is 1. The van der Waals surface area contributed by atoms with E-state index in [4.69, 9.17) is 4.74 Å². The highest BCUT2D eigenvalue weighted by Crippen LogP contribution is 2.62. The smallest absolute Gasteiger partial charge is 0.460 e. The summed E-state index contributed by atoms with van der Waals surface area (Å²) in [4.78, 5) is 13.2. The van der Waals surface area contributed by atoms with E-state index in [1.54, 1.807) is 0 Å². The van der Waals surface area contributed by atoms with Crippen molar-refractivity contribution in [3.8, 4) is 11.5 Å². The highest BCUT2D eigenvalue weighted by molar-refractivity contribution is 5.98. The maximum atomic E-state index is 15.0. The van der Waals surface area contributed by atoms with Gasteiger partial charge in [-0.25, -0.2) is 9.37 Å². The molecule has 0 fully saturated rings. The molecule has 0 spiro atoms. The molecule has 3 aromatic carbocycles. The average Bonchev–Trinajstić information content (AvgIpc) is 3.26. The molecule has 6 rings (SSSR count). The van der Waals surface area contributed by atoms with Gasteiger partial charge in [-0.05, 0) is 48.6 Å². The summed E-state index contributed by atoms with van der Waals surface area (Å²) in [6.07, 6.45) is -20.8. The van der Waals surface area contributed by atoms with E-state index in [1.165, 1.54) is 30.3 Å². The van der Waals surface area contributed by atoms with Crippen LogP contribution in [0.1, 0.15) is 58.3 Å². The van der Waals surface area contributed by atoms with Crippen LogP contribution in [0.5, 0.6) is 11.5 Å². The summed E-state index contributed by atoms with van der Waals surface area (Å²) in [5.41, 5.74) is -0.881. The second-order valence-corrected chi connectivity index (χ2v) is 17.0. The van der Waals surface area contributed by atoms with Crippen LogP contribution in [0.4, 0.5) is 120 Å². The molecule has 3 aliphatic rings. The number of benzene rings is 3. The van der Waals surface area contributed by atoms with E-state index in [2.05, 4.69) is 0 Å². The number of nitrogens with zero attached hydrogens (tertiary/aromatic N) is 2. The molecule has 0 atom stereocenters. The average molecular weight is 1100 g/mol. The minimum Gasteiger partial charge on any atom is -0.478 e. The molecule has 0 unspecified atom stereocenters. The first-order valence-electron chi connectivity index (χ1n) is 20.5. The molecule has 406 valence electrons. The Bertz CT molecular complexity index is 2780. The molecule has 0 saturated carbocycles. The molecule has 31 heteroatoms. The second-order valence-electron chi connectivity index (χ2n) is 17.0. The predicted octanol–water partition coefficient (Wildman–Crippen LogP) is 12.2. The molecule has 5 nitrogen and oxygen atoms in total. The van der Waals surface area contributed by atoms with Gasteiger partial charge < -0.3 is 14.7 Å². The third kappa shape index (κ3) is 8.61. The molecular weight excluding hydrogens is 1070 g/mol. The monoisotopic (exact) mass is 1100 g/mol. The van der Waals surface area contributed by atoms with Gasteiger partial charge in [-0.2, -0.15) is 114 Å². The summed E-state index contributed by atoms with van der Waals surface area (Å²) in [5.74, 6) is -78.9. The first-order valence-corrected chi connectivity index (χ1v) is 20.5. The molecule has 0 radical (unpaired) electrons. The van der Waals surface area contributed by atoms with Crippen molar-refractivity contribution < 1.29 is 129 Å². The first kappa shape index (κ1) is 56.9. The minimum absolute atomic E-state index is 0.0552. The van der Waals surface area contributed by atoms with Gasteiger partial charge in [0.25, 0.3) is 0 Å². The van der Waals surface area contributed by atoms with Crippen molar-refractivity contribution >= 4 is 17.2 Å². The van der Waals surface area contributed by atoms with Gasteiger partial charge in [0.15, 0.2) is 0 Å². The number of carboxylic acid groups (broad SMARTS) is 1. The van der Waals surface area contributed by atoms with Crippen molar-refractivity contribution in [1.82, 2.24) is 4.58 Å². The zero-order valence-corrected chi connectivity index (χ0v) is 35.7. The van der Waals surface area contributed by atoms with Crippen molar-refractivity contribution in [2.24, 2.45) is 0 Å². The molecule has 0 aromatic heterocycles. The third-order valence-corrected chi connectivity index (χ3v) is 12.4. The number of aromatic carboxylic acids is 1. The third-order valence-electron chi connectivity index (χ3n) is 12.4. The van der Waals surface area contributed by atoms with E-state index in [-0.39, 0.29) is 69.8 Å². The van der Waals surface area contributed by atoms with Gasteiger partial charge in [0, 0.05) is 59.6 Å². The molecule has 3 aromatic rings. The Morgan fingerprint density at radius 3 is 1.56 bits per heavy atom. The second kappa shape index (κ2) is 17.6. The molecule has 3 aliphatic heterocycles. The van der Waals surface area contributed by atoms with Crippen LogP contribution < -0.4 is 24.8 Å². The standard InChI is InChI=1S/C42H28F26N2O3/c43-31(44,33(47,48)35(51,52)37(55,56)39(59,60)41(63,64)65)9-13-69-11-3-5-19-15-23-27(17-25(19)69)73-28-18-26-20(16-24(28)29(23)21-7-1-2-8-22(21)30(71)72)6-4-12-70(26)14-10-32(45,46)34(49,50)36(53,54)38(57,58)40(61,62)42(66,67)68/h1-2,7-8,15-18H,3-6,9-14H2/p+1. The van der Waals surface area contributed by atoms with E-state index >= 15 is 0 Å². The molecular formula is C42H29F26N2O3+. The largest absolute Gasteiger partial charge is 0.478 e. The Balaban J connectivity index is 1.42. The fourth-order valence-electron chi connectivity index (χ4n) is 8.31. The van der Waals surface area contributed by atoms with Crippen LogP contribution in [-0.2, 0) is 12.8 Å². The number of aryl methyl sites for hydroxylation is 2. The predicted molar refractivity (Wildman–Crippen MR) is 198 cm³/mol. The summed E-state index contributed by atoms with van der Waals surface area (Å²) in [7, 11) is 0. The number of halogens is 26. The number of carboxylic acids is 1. The van der Waals surface area contributed by atoms with E-state index in [0.29, 0.717) is 0 Å². The van der Waals surface area contributed by atoms with Crippen LogP contribution in [0.3, 0.4) is 0 Å². The van der Waals surface area contributed by atoms with Gasteiger partial charge in [0.1, 0.15) is 24.6 Å². The Morgan fingerprint density at radius 2 is 1.04 bits per heavy atom. The van der Waals surface area contributed by atoms with Crippen molar-refractivity contribution in [2.45, 2.75) is 110 Å². The number of hydrogen-bond acceptors (Lipinski definition) is 3. The SMILES string of the molecule is O=C(O)c1ccccc1C1=c2cc3c(cc2Oc2cc4c(cc21)CCCN4CCC(F)(F)C(F)(F)C(F)(F)C(F)(F)C(F)(F)C(F)(F)F)=[N+](CCC(F)(F)C(F)(F)C(F)(F)C(F)(F)C(F)(F)C(F)(F)F)CCC3. The summed E-state index contributed by atoms with van der Waals surface area (Å²) in [5, 5.41) is 9.74. The van der Waals surface area contributed by atoms with E-state index in [9.17, 15) is 124 Å². The lowest BCUT2D eigenvalue weighted by atomic mass is 9.86. The Morgan fingerprint density at radius 1 is 0.548 bits per heavy atom. The fraction of sp³-hybridized carbons (Fsp3) is 0.524. The summed E-state index contributed by atoms with van der Waals surface area (Å²) in [6.45, 7) is -4.05. The highest BCUT2D eigenvalue weighted by atomic mass is 19.4. The van der Waals surface area contributed by atoms with E-state index < -0.39 is 134 Å². The maximum Gasteiger partial charge on any atom is 0.460 e. The lowest BCUT2D eigenvalue weighted by Crippen LogP contribution is -2.70. The summed E-state index contributed by atoms with van der Waals surface area (Å²) in [6, 6.07) is 9.27. The van der Waals surface area contributed by atoms with Gasteiger partial charge in [-0.3, -0.25) is 0 Å². The van der Waals surface area contributed by atoms with E-state index in [0.717, 1.165) is 27.7 Å². The van der Waals surface area contributed by atoms with Gasteiger partial charge in [-0.15, -0.1) is 0 Å². The lowest BCUT2D eigenvalue weighted by Gasteiger charge is -2.40. The Labute approximate surface area is 390 Å². The van der Waals surface area contributed by atoms with Gasteiger partial charge >= 0.3 is 77.5 Å². The number of carbonyl (C=O) groups is 1. The molecule has 73 heavy (non-hydrogen) atoms. The molecule has 0 bridgehead atoms. The van der Waals surface area contributed by atoms with Crippen LogP contribution in [0.2, 0.25) is 0 Å². The topological polar surface area (TPSA) is 52.8 Å². The van der Waals surface area contributed by atoms with Crippen LogP contribution in [-0.4, -0.2) is 109 Å². The van der Waals surface area contributed by atoms with Crippen molar-refractivity contribution in [3.05, 3.63) is 86.9 Å². The van der Waals surface area contributed by atoms with E-state index in [1.807, 2.05) is 0 Å². The van der Waals surface area contributed by atoms with Crippen LogP contribution in [0.15, 0.2) is 48.5 Å². The number of alkyl halides is 26. The number of fused-ring (bicyclic) bond motifs is 4. The highest BCUT2D eigenvalue weighted by Gasteiger charge is 2.92. The van der Waals surface area contributed by atoms with Gasteiger partial charge in [0.2, 0.25) is 5.36 Å². The molecule has 0 amide bonds.